The van der Waals surface area contributed by atoms with E-state index >= 15 is 0 Å². The van der Waals surface area contributed by atoms with Gasteiger partial charge < -0.3 is 0 Å². The highest BCUT2D eigenvalue weighted by Gasteiger charge is 2.16. The average molecular weight is 465 g/mol. The van der Waals surface area contributed by atoms with E-state index in [9.17, 15) is 0 Å². The lowest BCUT2D eigenvalue weighted by atomic mass is 10.0. The van der Waals surface area contributed by atoms with Crippen LogP contribution in [0, 0.1) is 0 Å². The smallest absolute Gasteiger partial charge is 0.100 e. The molecule has 2 heteroatoms. The molecular weight excluding hydrogens is 412 g/mol. The van der Waals surface area contributed by atoms with Gasteiger partial charge in [-0.1, -0.05) is 142 Å². The first kappa shape index (κ1) is 38.1. The highest BCUT2D eigenvalue weighted by Crippen LogP contribution is 2.29. The lowest BCUT2D eigenvalue weighted by Crippen LogP contribution is -2.01. The van der Waals surface area contributed by atoms with Crippen LogP contribution in [0.2, 0.25) is 0 Å². The number of nitrogens with zero attached hydrogens (tertiary/aromatic N) is 2. The van der Waals surface area contributed by atoms with E-state index in [2.05, 4.69) is 29.3 Å². The molecule has 34 heavy (non-hydrogen) atoms. The molecule has 0 amide bonds. The number of imidazole rings is 1. The summed E-state index contributed by atoms with van der Waals surface area (Å²) in [6.07, 6.45) is 25.2. The SMILES string of the molecule is C=C/C=C\C(=C/C)n1cnc(C(/C=C\C)=C/C=C)c1/C(C=C)=C/C=C\C.CC.CC.CC.CC. The Balaban J connectivity index is -0.000000506. The van der Waals surface area contributed by atoms with Crippen molar-refractivity contribution >= 4 is 16.8 Å². The van der Waals surface area contributed by atoms with Gasteiger partial charge in [0.05, 0.1) is 11.4 Å². The summed E-state index contributed by atoms with van der Waals surface area (Å²) in [4.78, 5) is 4.69. The van der Waals surface area contributed by atoms with E-state index in [1.165, 1.54) is 0 Å². The lowest BCUT2D eigenvalue weighted by Gasteiger charge is -2.12. The first-order valence-corrected chi connectivity index (χ1v) is 12.6. The van der Waals surface area contributed by atoms with E-state index in [4.69, 9.17) is 0 Å². The lowest BCUT2D eigenvalue weighted by molar-refractivity contribution is 1.08. The Morgan fingerprint density at radius 3 is 1.74 bits per heavy atom. The fraction of sp³-hybridized carbons (Fsp3) is 0.344. The topological polar surface area (TPSA) is 17.8 Å². The maximum absolute atomic E-state index is 4.69. The molecule has 0 saturated heterocycles. The van der Waals surface area contributed by atoms with Crippen molar-refractivity contribution in [2.45, 2.75) is 76.2 Å². The number of allylic oxidation sites excluding steroid dienone is 15. The summed E-state index contributed by atoms with van der Waals surface area (Å²) >= 11 is 0. The van der Waals surface area contributed by atoms with Crippen LogP contribution < -0.4 is 0 Å². The van der Waals surface area contributed by atoms with Gasteiger partial charge in [-0.05, 0) is 26.8 Å². The van der Waals surface area contributed by atoms with Gasteiger partial charge >= 0.3 is 0 Å². The van der Waals surface area contributed by atoms with Gasteiger partial charge in [-0.25, -0.2) is 4.98 Å². The molecule has 0 bridgehead atoms. The van der Waals surface area contributed by atoms with Crippen LogP contribution in [0.3, 0.4) is 0 Å². The molecule has 0 aliphatic heterocycles. The van der Waals surface area contributed by atoms with Crippen LogP contribution in [0.5, 0.6) is 0 Å². The first-order chi connectivity index (χ1) is 16.7. The first-order valence-electron chi connectivity index (χ1n) is 12.6. The zero-order valence-corrected chi connectivity index (χ0v) is 24.0. The minimum atomic E-state index is 0.880. The van der Waals surface area contributed by atoms with Crippen molar-refractivity contribution in [3.8, 4) is 0 Å². The molecule has 0 aliphatic rings. The summed E-state index contributed by atoms with van der Waals surface area (Å²) in [5, 5.41) is 0. The highest BCUT2D eigenvalue weighted by molar-refractivity contribution is 5.86. The molecule has 2 nitrogen and oxygen atoms in total. The molecule has 190 valence electrons. The molecule has 0 radical (unpaired) electrons. The second-order valence-corrected chi connectivity index (χ2v) is 5.33. The van der Waals surface area contributed by atoms with E-state index in [-0.39, 0.29) is 0 Å². The molecule has 0 aromatic carbocycles. The second kappa shape index (κ2) is 29.9. The molecular formula is C32H52N2. The van der Waals surface area contributed by atoms with Gasteiger partial charge in [0.2, 0.25) is 0 Å². The summed E-state index contributed by atoms with van der Waals surface area (Å²) in [6.45, 7) is 33.6. The molecule has 0 atom stereocenters. The Morgan fingerprint density at radius 1 is 0.735 bits per heavy atom. The van der Waals surface area contributed by atoms with E-state index in [0.717, 1.165) is 28.2 Å². The highest BCUT2D eigenvalue weighted by atomic mass is 15.1. The summed E-state index contributed by atoms with van der Waals surface area (Å²) in [5.41, 5.74) is 4.84. The summed E-state index contributed by atoms with van der Waals surface area (Å²) in [5.74, 6) is 0. The van der Waals surface area contributed by atoms with Gasteiger partial charge in [0.15, 0.2) is 0 Å². The summed E-state index contributed by atoms with van der Waals surface area (Å²) < 4.78 is 2.06. The predicted molar refractivity (Wildman–Crippen MR) is 163 cm³/mol. The van der Waals surface area contributed by atoms with Crippen LogP contribution in [0.1, 0.15) is 87.5 Å². The van der Waals surface area contributed by atoms with Crippen molar-refractivity contribution in [3.05, 3.63) is 110 Å². The third-order valence-electron chi connectivity index (χ3n) is 3.62. The van der Waals surface area contributed by atoms with E-state index in [0.29, 0.717) is 0 Å². The number of aromatic nitrogens is 2. The Labute approximate surface area is 212 Å². The van der Waals surface area contributed by atoms with Crippen molar-refractivity contribution in [2.75, 3.05) is 0 Å². The molecule has 1 rings (SSSR count). The van der Waals surface area contributed by atoms with Crippen LogP contribution in [0.4, 0.5) is 0 Å². The van der Waals surface area contributed by atoms with Crippen molar-refractivity contribution in [2.24, 2.45) is 0 Å². The van der Waals surface area contributed by atoms with E-state index in [1.807, 2.05) is 143 Å². The normalized spacial score (nSPS) is 11.3. The van der Waals surface area contributed by atoms with Gasteiger partial charge in [0, 0.05) is 16.8 Å². The van der Waals surface area contributed by atoms with E-state index in [1.54, 1.807) is 12.2 Å². The van der Waals surface area contributed by atoms with Gasteiger partial charge in [-0.15, -0.1) is 0 Å². The van der Waals surface area contributed by atoms with Crippen molar-refractivity contribution in [1.29, 1.82) is 0 Å². The molecule has 0 spiro atoms. The fourth-order valence-corrected chi connectivity index (χ4v) is 2.48. The molecule has 0 fully saturated rings. The maximum Gasteiger partial charge on any atom is 0.100 e. The monoisotopic (exact) mass is 464 g/mol. The molecule has 0 saturated carbocycles. The second-order valence-electron chi connectivity index (χ2n) is 5.33. The zero-order chi connectivity index (χ0) is 27.4. The van der Waals surface area contributed by atoms with Crippen molar-refractivity contribution < 1.29 is 0 Å². The molecule has 1 heterocycles. The largest absolute Gasteiger partial charge is 0.299 e. The molecule has 1 aromatic heterocycles. The van der Waals surface area contributed by atoms with Crippen LogP contribution >= 0.6 is 0 Å². The Kier molecular flexibility index (Phi) is 33.5. The molecule has 0 unspecified atom stereocenters. The number of hydrogen-bond donors (Lipinski definition) is 0. The summed E-state index contributed by atoms with van der Waals surface area (Å²) in [6, 6.07) is 0. The number of rotatable bonds is 9. The third-order valence-corrected chi connectivity index (χ3v) is 3.62. The predicted octanol–water partition coefficient (Wildman–Crippen LogP) is 10.9. The van der Waals surface area contributed by atoms with Gasteiger partial charge in [0.1, 0.15) is 6.33 Å². The van der Waals surface area contributed by atoms with Crippen LogP contribution in [0.25, 0.3) is 16.8 Å². The minimum absolute atomic E-state index is 0.880. The fourth-order valence-electron chi connectivity index (χ4n) is 2.48. The van der Waals surface area contributed by atoms with Crippen LogP contribution in [0.15, 0.2) is 99.0 Å². The van der Waals surface area contributed by atoms with Crippen molar-refractivity contribution in [1.82, 2.24) is 9.55 Å². The van der Waals surface area contributed by atoms with Gasteiger partial charge in [-0.3, -0.25) is 4.57 Å². The molecule has 1 aromatic rings. The van der Waals surface area contributed by atoms with Crippen LogP contribution in [-0.2, 0) is 0 Å². The quantitative estimate of drug-likeness (QED) is 0.332. The minimum Gasteiger partial charge on any atom is -0.299 e. The standard InChI is InChI=1S/C24H28N2.4C2H6/c1-7-13-17-20(11-5)24-23(21(15-9-3)16-10-4)25-19-26(24)22(12-6)18-14-8-2;4*1-2/h7-19H,2-3,5H2,1,4,6H3;4*1-2H3/b13-7-,16-10-,18-14-,20-17+,21-15+,22-12+;;;;. The molecule has 0 aliphatic carbocycles. The van der Waals surface area contributed by atoms with Crippen LogP contribution in [-0.4, -0.2) is 9.55 Å². The zero-order valence-electron chi connectivity index (χ0n) is 24.0. The van der Waals surface area contributed by atoms with E-state index < -0.39 is 0 Å². The van der Waals surface area contributed by atoms with Gasteiger partial charge in [0.25, 0.3) is 0 Å². The number of hydrogen-bond acceptors (Lipinski definition) is 1. The van der Waals surface area contributed by atoms with Gasteiger partial charge in [-0.2, -0.15) is 0 Å². The Bertz CT molecular complexity index is 819. The third kappa shape index (κ3) is 14.1. The average Bonchev–Trinajstić information content (AvgIpc) is 3.34. The maximum atomic E-state index is 4.69. The summed E-state index contributed by atoms with van der Waals surface area (Å²) in [7, 11) is 0. The van der Waals surface area contributed by atoms with Crippen molar-refractivity contribution in [3.63, 3.8) is 0 Å². The molecule has 0 N–H and O–H groups in total. The Hall–Kier alpha value is -3.13. The Morgan fingerprint density at radius 2 is 1.32 bits per heavy atom.